The molecule has 3 saturated carbocycles. The van der Waals surface area contributed by atoms with Gasteiger partial charge in [-0.1, -0.05) is 53.2 Å². The number of aliphatic hydroxyl groups excluding tert-OH is 1. The molecule has 4 heteroatoms. The third-order valence-corrected chi connectivity index (χ3v) is 12.4. The van der Waals surface area contributed by atoms with E-state index in [1.165, 1.54) is 12.8 Å². The molecule has 5 rings (SSSR count). The van der Waals surface area contributed by atoms with Crippen LogP contribution in [0.2, 0.25) is 0 Å². The molecule has 0 aromatic heterocycles. The van der Waals surface area contributed by atoms with E-state index in [0.717, 1.165) is 37.7 Å². The summed E-state index contributed by atoms with van der Waals surface area (Å²) in [7, 11) is 1.85. The fourth-order valence-corrected chi connectivity index (χ4v) is 10.3. The first kappa shape index (κ1) is 25.5. The lowest BCUT2D eigenvalue weighted by Gasteiger charge is -2.65. The Balaban J connectivity index is 1.46. The monoisotopic (exact) mass is 484 g/mol. The molecule has 35 heavy (non-hydrogen) atoms. The van der Waals surface area contributed by atoms with Crippen molar-refractivity contribution in [3.63, 3.8) is 0 Å². The smallest absolute Gasteiger partial charge is 0.334 e. The zero-order chi connectivity index (χ0) is 25.6. The Morgan fingerprint density at radius 2 is 1.86 bits per heavy atom. The number of carbonyl (C=O) groups excluding carboxylic acids is 1. The molecule has 196 valence electrons. The maximum absolute atomic E-state index is 11.9. The molecule has 0 aromatic rings. The second kappa shape index (κ2) is 8.18. The highest BCUT2D eigenvalue weighted by Gasteiger charge is 2.67. The number of allylic oxidation sites excluding steroid dienone is 1. The second-order valence-electron chi connectivity index (χ2n) is 14.2. The van der Waals surface area contributed by atoms with E-state index < -0.39 is 0 Å². The van der Waals surface area contributed by atoms with E-state index in [1.807, 2.05) is 20.1 Å². The number of fused-ring (bicyclic) bond motifs is 5. The summed E-state index contributed by atoms with van der Waals surface area (Å²) in [5, 5.41) is 11.8. The lowest BCUT2D eigenvalue weighted by atomic mass is 9.40. The molecule has 1 aliphatic heterocycles. The Morgan fingerprint density at radius 3 is 2.49 bits per heavy atom. The first-order valence-corrected chi connectivity index (χ1v) is 14.1. The minimum Gasteiger partial charge on any atom is -0.455 e. The summed E-state index contributed by atoms with van der Waals surface area (Å²) in [4.78, 5) is 11.9. The fourth-order valence-electron chi connectivity index (χ4n) is 10.3. The SMILES string of the molecule is CO[C@@H]1CC[C@]2(C)C3=CC[C@]4(C)[C@@H]([C@H](C)C[C@@H]5C=C(C)C(=O)O5)CC[C@@]4(C)[C@@H]3[C@@H](O)C[C@@H]2C1(C)C. The van der Waals surface area contributed by atoms with Crippen LogP contribution < -0.4 is 0 Å². The number of esters is 1. The van der Waals surface area contributed by atoms with Crippen molar-refractivity contribution in [1.29, 1.82) is 0 Å². The molecule has 0 unspecified atom stereocenters. The predicted octanol–water partition coefficient (Wildman–Crippen LogP) is 6.48. The van der Waals surface area contributed by atoms with Crippen LogP contribution in [0.3, 0.4) is 0 Å². The van der Waals surface area contributed by atoms with Gasteiger partial charge in [0.05, 0.1) is 12.2 Å². The molecule has 0 saturated heterocycles. The quantitative estimate of drug-likeness (QED) is 0.367. The minimum atomic E-state index is -0.297. The zero-order valence-corrected chi connectivity index (χ0v) is 23.3. The molecule has 10 atom stereocenters. The van der Waals surface area contributed by atoms with Crippen molar-refractivity contribution in [1.82, 2.24) is 0 Å². The van der Waals surface area contributed by atoms with Crippen molar-refractivity contribution in [2.24, 2.45) is 45.3 Å². The van der Waals surface area contributed by atoms with Crippen LogP contribution in [0.25, 0.3) is 0 Å². The predicted molar refractivity (Wildman–Crippen MR) is 139 cm³/mol. The van der Waals surface area contributed by atoms with Crippen LogP contribution in [0.5, 0.6) is 0 Å². The zero-order valence-electron chi connectivity index (χ0n) is 23.3. The van der Waals surface area contributed by atoms with E-state index >= 15 is 0 Å². The summed E-state index contributed by atoms with van der Waals surface area (Å²) in [5.41, 5.74) is 2.72. The highest BCUT2D eigenvalue weighted by molar-refractivity contribution is 5.90. The molecule has 0 spiro atoms. The summed E-state index contributed by atoms with van der Waals surface area (Å²) in [6.45, 7) is 16.4. The van der Waals surface area contributed by atoms with Gasteiger partial charge in [0, 0.05) is 18.6 Å². The van der Waals surface area contributed by atoms with Gasteiger partial charge in [-0.2, -0.15) is 0 Å². The van der Waals surface area contributed by atoms with Crippen LogP contribution in [-0.2, 0) is 14.3 Å². The molecule has 1 N–H and O–H groups in total. The Kier molecular flexibility index (Phi) is 5.97. The second-order valence-corrected chi connectivity index (χ2v) is 14.2. The fraction of sp³-hybridized carbons (Fsp3) is 0.839. The van der Waals surface area contributed by atoms with Crippen LogP contribution in [-0.4, -0.2) is 36.5 Å². The summed E-state index contributed by atoms with van der Waals surface area (Å²) >= 11 is 0. The highest BCUT2D eigenvalue weighted by atomic mass is 16.5. The lowest BCUT2D eigenvalue weighted by molar-refractivity contribution is -0.159. The molecule has 3 fully saturated rings. The van der Waals surface area contributed by atoms with Gasteiger partial charge < -0.3 is 14.6 Å². The van der Waals surface area contributed by atoms with E-state index in [9.17, 15) is 9.90 Å². The first-order valence-electron chi connectivity index (χ1n) is 14.1. The van der Waals surface area contributed by atoms with Gasteiger partial charge in [0.2, 0.25) is 0 Å². The maximum atomic E-state index is 11.9. The first-order chi connectivity index (χ1) is 16.3. The molecule has 4 aliphatic carbocycles. The van der Waals surface area contributed by atoms with Gasteiger partial charge in [-0.3, -0.25) is 0 Å². The normalized spacial score (nSPS) is 49.3. The number of methoxy groups -OCH3 is 1. The van der Waals surface area contributed by atoms with Crippen molar-refractivity contribution in [3.8, 4) is 0 Å². The Bertz CT molecular complexity index is 948. The third kappa shape index (κ3) is 3.41. The molecule has 5 aliphatic rings. The number of ether oxygens (including phenoxy) is 2. The molecular formula is C31H48O4. The largest absolute Gasteiger partial charge is 0.455 e. The maximum Gasteiger partial charge on any atom is 0.334 e. The van der Waals surface area contributed by atoms with Crippen LogP contribution in [0.4, 0.5) is 0 Å². The Morgan fingerprint density at radius 1 is 1.14 bits per heavy atom. The van der Waals surface area contributed by atoms with Crippen molar-refractivity contribution in [2.75, 3.05) is 7.11 Å². The van der Waals surface area contributed by atoms with E-state index in [0.29, 0.717) is 17.8 Å². The molecule has 0 radical (unpaired) electrons. The topological polar surface area (TPSA) is 55.8 Å². The summed E-state index contributed by atoms with van der Waals surface area (Å²) < 4.78 is 11.6. The van der Waals surface area contributed by atoms with Gasteiger partial charge in [0.15, 0.2) is 0 Å². The number of hydrogen-bond acceptors (Lipinski definition) is 4. The number of cyclic esters (lactones) is 1. The Labute approximate surface area is 212 Å². The van der Waals surface area contributed by atoms with Gasteiger partial charge >= 0.3 is 5.97 Å². The highest BCUT2D eigenvalue weighted by Crippen LogP contribution is 2.73. The third-order valence-electron chi connectivity index (χ3n) is 12.4. The van der Waals surface area contributed by atoms with Crippen LogP contribution in [0.1, 0.15) is 93.4 Å². The number of hydrogen-bond donors (Lipinski definition) is 1. The van der Waals surface area contributed by atoms with Crippen molar-refractivity contribution < 1.29 is 19.4 Å². The van der Waals surface area contributed by atoms with Crippen LogP contribution in [0.15, 0.2) is 23.3 Å². The summed E-state index contributed by atoms with van der Waals surface area (Å²) in [6.07, 6.45) is 11.9. The van der Waals surface area contributed by atoms with E-state index in [2.05, 4.69) is 47.6 Å². The summed E-state index contributed by atoms with van der Waals surface area (Å²) in [6, 6.07) is 0. The van der Waals surface area contributed by atoms with Gasteiger partial charge in [0.1, 0.15) is 6.10 Å². The van der Waals surface area contributed by atoms with E-state index in [4.69, 9.17) is 9.47 Å². The van der Waals surface area contributed by atoms with Crippen LogP contribution >= 0.6 is 0 Å². The number of carbonyl (C=O) groups is 1. The Hall–Kier alpha value is -1.13. The van der Waals surface area contributed by atoms with Crippen molar-refractivity contribution >= 4 is 5.97 Å². The van der Waals surface area contributed by atoms with Gasteiger partial charge in [-0.15, -0.1) is 0 Å². The lowest BCUT2D eigenvalue weighted by Crippen LogP contribution is -2.61. The molecule has 0 aromatic carbocycles. The summed E-state index contributed by atoms with van der Waals surface area (Å²) in [5.74, 6) is 1.55. The average molecular weight is 485 g/mol. The molecular weight excluding hydrogens is 436 g/mol. The van der Waals surface area contributed by atoms with Gasteiger partial charge in [-0.05, 0) is 97.4 Å². The average Bonchev–Trinajstić information content (AvgIpc) is 3.24. The van der Waals surface area contributed by atoms with Gasteiger partial charge in [-0.25, -0.2) is 4.79 Å². The van der Waals surface area contributed by atoms with E-state index in [1.54, 1.807) is 5.57 Å². The van der Waals surface area contributed by atoms with Crippen LogP contribution in [0, 0.1) is 45.3 Å². The standard InChI is InChI=1S/C31H48O4/c1-18(15-20-16-19(2)27(33)35-20)21-9-14-31(7)26-22(10-13-30(21,31)6)29(5)12-11-25(34-8)28(3,4)24(29)17-23(26)32/h10,16,18,20-21,23-26,32H,9,11-15,17H2,1-8H3/t18-,20-,21-,23+,24-,25-,26+,29-,30-,31+/m1/s1. The molecule has 0 bridgehead atoms. The molecule has 4 nitrogen and oxygen atoms in total. The molecule has 0 amide bonds. The van der Waals surface area contributed by atoms with Gasteiger partial charge in [0.25, 0.3) is 0 Å². The minimum absolute atomic E-state index is 0.0489. The van der Waals surface area contributed by atoms with Crippen molar-refractivity contribution in [3.05, 3.63) is 23.3 Å². The van der Waals surface area contributed by atoms with E-state index in [-0.39, 0.29) is 51.9 Å². The number of aliphatic hydroxyl groups is 1. The van der Waals surface area contributed by atoms with Crippen molar-refractivity contribution in [2.45, 2.75) is 112 Å². The molecule has 1 heterocycles. The number of rotatable bonds is 4.